The molecule has 4 aliphatic rings. The van der Waals surface area contributed by atoms with Gasteiger partial charge in [-0.25, -0.2) is 0 Å². The van der Waals surface area contributed by atoms with Crippen molar-refractivity contribution in [3.8, 4) is 50.3 Å². The molecule has 0 radical (unpaired) electrons. The molecule has 0 bridgehead atoms. The number of rotatable bonds is 2. The van der Waals surface area contributed by atoms with Gasteiger partial charge in [0.05, 0.1) is 16.4 Å². The lowest BCUT2D eigenvalue weighted by Gasteiger charge is -2.31. The summed E-state index contributed by atoms with van der Waals surface area (Å²) in [4.78, 5) is 15.0. The molecule has 246 valence electrons. The van der Waals surface area contributed by atoms with E-state index in [1.54, 1.807) is 0 Å². The molecule has 53 heavy (non-hydrogen) atoms. The van der Waals surface area contributed by atoms with E-state index in [1.807, 2.05) is 18.2 Å². The Morgan fingerprint density at radius 1 is 0.358 bits per heavy atom. The molecule has 12 rings (SSSR count). The third-order valence-corrected chi connectivity index (χ3v) is 12.6. The summed E-state index contributed by atoms with van der Waals surface area (Å²) in [5.74, 6) is -0.144. The van der Waals surface area contributed by atoms with Crippen molar-refractivity contribution in [1.29, 1.82) is 0 Å². The van der Waals surface area contributed by atoms with Crippen LogP contribution in [0.1, 0.15) is 60.4 Å². The van der Waals surface area contributed by atoms with Gasteiger partial charge in [-0.05, 0) is 95.6 Å². The standard InChI is InChI=1S/C51H30O2/c52-48(30-25-26-37-35-17-3-9-21-42(35)50(46(37)29-30)40-19-7-1-13-31(40)32-14-2-8-20-41(32)50)39-28-27-38-36-18-6-12-24-45(36)51(47(38)49(39)53)43-22-10-4-15-33(43)34-16-5-11-23-44(34)51/h1-29,53H. The van der Waals surface area contributed by atoms with Crippen LogP contribution in [0.15, 0.2) is 176 Å². The Labute approximate surface area is 307 Å². The second-order valence-electron chi connectivity index (χ2n) is 14.7. The van der Waals surface area contributed by atoms with Crippen molar-refractivity contribution in [3.63, 3.8) is 0 Å². The van der Waals surface area contributed by atoms with Crippen molar-refractivity contribution in [1.82, 2.24) is 0 Å². The average molecular weight is 675 g/mol. The second-order valence-corrected chi connectivity index (χ2v) is 14.7. The van der Waals surface area contributed by atoms with Crippen LogP contribution in [0.2, 0.25) is 0 Å². The van der Waals surface area contributed by atoms with E-state index in [0.29, 0.717) is 11.1 Å². The zero-order valence-electron chi connectivity index (χ0n) is 28.6. The number of phenolic OH excluding ortho intramolecular Hbond substituents is 1. The van der Waals surface area contributed by atoms with Gasteiger partial charge in [-0.3, -0.25) is 4.79 Å². The van der Waals surface area contributed by atoms with Gasteiger partial charge in [0.2, 0.25) is 0 Å². The Kier molecular flexibility index (Phi) is 5.43. The van der Waals surface area contributed by atoms with Crippen molar-refractivity contribution in [2.75, 3.05) is 0 Å². The van der Waals surface area contributed by atoms with Crippen molar-refractivity contribution < 1.29 is 9.90 Å². The fourth-order valence-corrected chi connectivity index (χ4v) is 10.7. The minimum Gasteiger partial charge on any atom is -0.507 e. The maximum atomic E-state index is 15.0. The minimum absolute atomic E-state index is 0.0465. The first-order valence-corrected chi connectivity index (χ1v) is 18.3. The predicted molar refractivity (Wildman–Crippen MR) is 211 cm³/mol. The molecule has 1 N–H and O–H groups in total. The smallest absolute Gasteiger partial charge is 0.196 e. The highest BCUT2D eigenvalue weighted by Crippen LogP contribution is 2.66. The maximum Gasteiger partial charge on any atom is 0.196 e. The van der Waals surface area contributed by atoms with Gasteiger partial charge in [-0.2, -0.15) is 0 Å². The molecule has 0 atom stereocenters. The summed E-state index contributed by atoms with van der Waals surface area (Å²) in [5, 5.41) is 12.7. The fraction of sp³-hybridized carbons (Fsp3) is 0.0392. The topological polar surface area (TPSA) is 37.3 Å². The van der Waals surface area contributed by atoms with E-state index in [2.05, 4.69) is 158 Å². The monoisotopic (exact) mass is 674 g/mol. The normalized spacial score (nSPS) is 14.9. The largest absolute Gasteiger partial charge is 0.507 e. The number of hydrogen-bond acceptors (Lipinski definition) is 2. The molecule has 8 aromatic rings. The minimum atomic E-state index is -0.750. The van der Waals surface area contributed by atoms with E-state index in [1.165, 1.54) is 33.4 Å². The zero-order chi connectivity index (χ0) is 35.1. The Morgan fingerprint density at radius 2 is 0.698 bits per heavy atom. The first-order valence-electron chi connectivity index (χ1n) is 18.3. The van der Waals surface area contributed by atoms with Gasteiger partial charge in [0.15, 0.2) is 5.78 Å². The van der Waals surface area contributed by atoms with Gasteiger partial charge in [-0.1, -0.05) is 164 Å². The summed E-state index contributed by atoms with van der Waals surface area (Å²) >= 11 is 0. The lowest BCUT2D eigenvalue weighted by molar-refractivity contribution is 0.103. The quantitative estimate of drug-likeness (QED) is 0.185. The van der Waals surface area contributed by atoms with Crippen LogP contribution in [0.25, 0.3) is 44.5 Å². The van der Waals surface area contributed by atoms with E-state index in [-0.39, 0.29) is 11.5 Å². The van der Waals surface area contributed by atoms with Crippen LogP contribution in [0.5, 0.6) is 5.75 Å². The SMILES string of the molecule is O=C(c1ccc2c(c1)C1(c3ccccc3-c3ccccc31)c1ccccc1-2)c1ccc2c(c1O)C1(c3ccccc3-c3ccccc31)c1ccccc1-2. The van der Waals surface area contributed by atoms with Crippen LogP contribution in [-0.2, 0) is 10.8 Å². The summed E-state index contributed by atoms with van der Waals surface area (Å²) in [6.07, 6.45) is 0. The number of aromatic hydroxyl groups is 1. The van der Waals surface area contributed by atoms with Gasteiger partial charge >= 0.3 is 0 Å². The number of fused-ring (bicyclic) bond motifs is 20. The Hall–Kier alpha value is -6.77. The molecule has 0 fully saturated rings. The van der Waals surface area contributed by atoms with E-state index < -0.39 is 10.8 Å². The highest BCUT2D eigenvalue weighted by Gasteiger charge is 2.54. The molecule has 0 heterocycles. The number of hydrogen-bond donors (Lipinski definition) is 1. The van der Waals surface area contributed by atoms with Crippen LogP contribution in [0.4, 0.5) is 0 Å². The van der Waals surface area contributed by atoms with E-state index in [4.69, 9.17) is 0 Å². The molecule has 0 saturated carbocycles. The highest BCUT2D eigenvalue weighted by atomic mass is 16.3. The average Bonchev–Trinajstić information content (AvgIpc) is 3.90. The van der Waals surface area contributed by atoms with Gasteiger partial charge in [-0.15, -0.1) is 0 Å². The molecule has 4 aliphatic carbocycles. The zero-order valence-corrected chi connectivity index (χ0v) is 28.6. The van der Waals surface area contributed by atoms with Crippen LogP contribution in [0.3, 0.4) is 0 Å². The molecule has 2 nitrogen and oxygen atoms in total. The van der Waals surface area contributed by atoms with Crippen molar-refractivity contribution in [2.24, 2.45) is 0 Å². The van der Waals surface area contributed by atoms with Gasteiger partial charge in [0.1, 0.15) is 5.75 Å². The number of carbonyl (C=O) groups excluding carboxylic acids is 1. The fourth-order valence-electron chi connectivity index (χ4n) is 10.7. The van der Waals surface area contributed by atoms with Crippen LogP contribution in [-0.4, -0.2) is 10.9 Å². The lowest BCUT2D eigenvalue weighted by atomic mass is 9.69. The van der Waals surface area contributed by atoms with E-state index in [9.17, 15) is 5.11 Å². The van der Waals surface area contributed by atoms with Gasteiger partial charge in [0.25, 0.3) is 0 Å². The summed E-state index contributed by atoms with van der Waals surface area (Å²) in [7, 11) is 0. The molecule has 0 saturated heterocycles. The summed E-state index contributed by atoms with van der Waals surface area (Å²) in [5.41, 5.74) is 17.7. The molecule has 8 aromatic carbocycles. The number of carbonyl (C=O) groups is 1. The summed E-state index contributed by atoms with van der Waals surface area (Å²) in [6, 6.07) is 61.6. The Bertz CT molecular complexity index is 2820. The second kappa shape index (κ2) is 9.97. The molecule has 0 unspecified atom stereocenters. The van der Waals surface area contributed by atoms with Crippen molar-refractivity contribution in [2.45, 2.75) is 10.8 Å². The van der Waals surface area contributed by atoms with Gasteiger partial charge in [0, 0.05) is 11.1 Å². The van der Waals surface area contributed by atoms with Crippen LogP contribution in [0, 0.1) is 0 Å². The Morgan fingerprint density at radius 3 is 1.13 bits per heavy atom. The first-order chi connectivity index (χ1) is 26.1. The number of benzene rings is 8. The summed E-state index contributed by atoms with van der Waals surface area (Å²) < 4.78 is 0. The summed E-state index contributed by atoms with van der Waals surface area (Å²) in [6.45, 7) is 0. The molecule has 0 aliphatic heterocycles. The highest BCUT2D eigenvalue weighted by molar-refractivity contribution is 6.13. The third kappa shape index (κ3) is 3.25. The maximum absolute atomic E-state index is 15.0. The first kappa shape index (κ1) is 28.9. The van der Waals surface area contributed by atoms with E-state index >= 15 is 4.79 Å². The predicted octanol–water partition coefficient (Wildman–Crippen LogP) is 11.3. The molecular weight excluding hydrogens is 645 g/mol. The molecule has 2 heteroatoms. The van der Waals surface area contributed by atoms with Crippen molar-refractivity contribution in [3.05, 3.63) is 232 Å². The molecule has 0 amide bonds. The van der Waals surface area contributed by atoms with Crippen LogP contribution >= 0.6 is 0 Å². The van der Waals surface area contributed by atoms with Crippen molar-refractivity contribution >= 4 is 5.78 Å². The number of phenols is 1. The number of ketones is 1. The third-order valence-electron chi connectivity index (χ3n) is 12.6. The van der Waals surface area contributed by atoms with Gasteiger partial charge < -0.3 is 5.11 Å². The van der Waals surface area contributed by atoms with E-state index in [0.717, 1.165) is 55.6 Å². The molecule has 2 spiro atoms. The Balaban J connectivity index is 1.09. The molecular formula is C51H30O2. The van der Waals surface area contributed by atoms with Crippen LogP contribution < -0.4 is 0 Å². The lowest BCUT2D eigenvalue weighted by Crippen LogP contribution is -2.26. The molecule has 0 aromatic heterocycles.